The molecule has 0 spiro atoms. The molecule has 6 heteroatoms. The van der Waals surface area contributed by atoms with Gasteiger partial charge in [0.1, 0.15) is 17.6 Å². The number of likely N-dealkylation sites (tertiary alicyclic amines) is 1. The zero-order valence-electron chi connectivity index (χ0n) is 16.6. The number of esters is 1. The Kier molecular flexibility index (Phi) is 6.11. The Morgan fingerprint density at radius 3 is 2.86 bits per heavy atom. The van der Waals surface area contributed by atoms with Crippen molar-refractivity contribution in [3.05, 3.63) is 65.0 Å². The second-order valence-electron chi connectivity index (χ2n) is 7.46. The predicted molar refractivity (Wildman–Crippen MR) is 106 cm³/mol. The van der Waals surface area contributed by atoms with Gasteiger partial charge < -0.3 is 14.2 Å². The fourth-order valence-electron chi connectivity index (χ4n) is 4.07. The fourth-order valence-corrected chi connectivity index (χ4v) is 4.07. The number of rotatable bonds is 5. The number of piperidine rings is 1. The summed E-state index contributed by atoms with van der Waals surface area (Å²) in [6.45, 7) is 3.66. The zero-order chi connectivity index (χ0) is 20.2. The molecule has 0 bridgehead atoms. The van der Waals surface area contributed by atoms with Gasteiger partial charge in [-0.3, -0.25) is 9.69 Å². The Balaban J connectivity index is 1.59. The van der Waals surface area contributed by atoms with Crippen molar-refractivity contribution in [2.75, 3.05) is 13.2 Å². The van der Waals surface area contributed by atoms with Crippen molar-refractivity contribution in [3.8, 4) is 5.75 Å². The topological polar surface area (TPSA) is 48.0 Å². The molecule has 2 atom stereocenters. The van der Waals surface area contributed by atoms with Gasteiger partial charge >= 0.3 is 5.97 Å². The molecule has 4 rings (SSSR count). The van der Waals surface area contributed by atoms with Gasteiger partial charge in [-0.05, 0) is 38.4 Å². The first-order valence-electron chi connectivity index (χ1n) is 10.2. The third kappa shape index (κ3) is 4.43. The summed E-state index contributed by atoms with van der Waals surface area (Å²) in [5, 5.41) is 0. The maximum Gasteiger partial charge on any atom is 0.323 e. The van der Waals surface area contributed by atoms with Crippen LogP contribution in [-0.2, 0) is 27.4 Å². The highest BCUT2D eigenvalue weighted by atomic mass is 19.1. The molecular formula is C23H26FNO4. The van der Waals surface area contributed by atoms with Crippen LogP contribution in [0.4, 0.5) is 4.39 Å². The van der Waals surface area contributed by atoms with Gasteiger partial charge in [-0.2, -0.15) is 0 Å². The number of fused-ring (bicyclic) bond motifs is 1. The third-order valence-corrected chi connectivity index (χ3v) is 5.44. The number of nitrogens with zero attached hydrogens (tertiary/aromatic N) is 1. The quantitative estimate of drug-likeness (QED) is 0.700. The standard InChI is InChI=1S/C23H26FNO4/c1-2-27-22(26)20-10-6-7-11-25(20)14-17-12-19(24)13-18-15-28-23(29-21(17)18)16-8-4-3-5-9-16/h3-5,8-9,12-13,20,23H,2,6-7,10-11,14-15H2,1H3. The first kappa shape index (κ1) is 19.9. The molecule has 1 fully saturated rings. The van der Waals surface area contributed by atoms with Crippen molar-refractivity contribution in [2.24, 2.45) is 0 Å². The van der Waals surface area contributed by atoms with Gasteiger partial charge in [0.15, 0.2) is 0 Å². The summed E-state index contributed by atoms with van der Waals surface area (Å²) in [4.78, 5) is 14.5. The van der Waals surface area contributed by atoms with Gasteiger partial charge in [0.05, 0.1) is 13.2 Å². The van der Waals surface area contributed by atoms with E-state index >= 15 is 0 Å². The highest BCUT2D eigenvalue weighted by Crippen LogP contribution is 2.37. The summed E-state index contributed by atoms with van der Waals surface area (Å²) in [6.07, 6.45) is 2.22. The lowest BCUT2D eigenvalue weighted by Gasteiger charge is -2.35. The van der Waals surface area contributed by atoms with Gasteiger partial charge in [0.25, 0.3) is 0 Å². The number of hydrogen-bond acceptors (Lipinski definition) is 5. The minimum atomic E-state index is -0.532. The molecule has 2 aromatic rings. The molecule has 2 unspecified atom stereocenters. The molecule has 154 valence electrons. The van der Waals surface area contributed by atoms with Gasteiger partial charge in [0.2, 0.25) is 6.29 Å². The van der Waals surface area contributed by atoms with Crippen LogP contribution >= 0.6 is 0 Å². The second-order valence-corrected chi connectivity index (χ2v) is 7.46. The van der Waals surface area contributed by atoms with E-state index < -0.39 is 6.29 Å². The number of carbonyl (C=O) groups excluding carboxylic acids is 1. The molecule has 0 saturated carbocycles. The summed E-state index contributed by atoms with van der Waals surface area (Å²) >= 11 is 0. The number of benzene rings is 2. The van der Waals surface area contributed by atoms with E-state index in [9.17, 15) is 9.18 Å². The number of ether oxygens (including phenoxy) is 3. The third-order valence-electron chi connectivity index (χ3n) is 5.44. The molecule has 2 aromatic carbocycles. The van der Waals surface area contributed by atoms with Crippen molar-refractivity contribution in [3.63, 3.8) is 0 Å². The van der Waals surface area contributed by atoms with E-state index in [1.54, 1.807) is 0 Å². The van der Waals surface area contributed by atoms with Gasteiger partial charge in [-0.1, -0.05) is 36.8 Å². The molecule has 0 amide bonds. The lowest BCUT2D eigenvalue weighted by atomic mass is 10.00. The van der Waals surface area contributed by atoms with Gasteiger partial charge in [-0.15, -0.1) is 0 Å². The average molecular weight is 399 g/mol. The van der Waals surface area contributed by atoms with E-state index in [1.807, 2.05) is 37.3 Å². The minimum Gasteiger partial charge on any atom is -0.465 e. The molecule has 5 nitrogen and oxygen atoms in total. The Bertz CT molecular complexity index is 857. The van der Waals surface area contributed by atoms with Crippen LogP contribution in [0, 0.1) is 5.82 Å². The van der Waals surface area contributed by atoms with Gasteiger partial charge in [-0.25, -0.2) is 4.39 Å². The monoisotopic (exact) mass is 399 g/mol. The SMILES string of the molecule is CCOC(=O)C1CCCCN1Cc1cc(F)cc2c1OC(c1ccccc1)OC2. The van der Waals surface area contributed by atoms with E-state index in [0.29, 0.717) is 24.5 Å². The van der Waals surface area contributed by atoms with Crippen LogP contribution in [0.3, 0.4) is 0 Å². The first-order chi connectivity index (χ1) is 14.2. The normalized spacial score (nSPS) is 21.9. The fraction of sp³-hybridized carbons (Fsp3) is 0.435. The van der Waals surface area contributed by atoms with E-state index in [1.165, 1.54) is 12.1 Å². The van der Waals surface area contributed by atoms with Crippen LogP contribution < -0.4 is 4.74 Å². The molecule has 2 aliphatic rings. The Morgan fingerprint density at radius 2 is 2.07 bits per heavy atom. The van der Waals surface area contributed by atoms with Crippen LogP contribution in [0.1, 0.15) is 49.2 Å². The molecule has 1 saturated heterocycles. The molecule has 2 aliphatic heterocycles. The Labute approximate surface area is 170 Å². The first-order valence-corrected chi connectivity index (χ1v) is 10.2. The minimum absolute atomic E-state index is 0.205. The largest absolute Gasteiger partial charge is 0.465 e. The second kappa shape index (κ2) is 8.93. The molecule has 0 radical (unpaired) electrons. The van der Waals surface area contributed by atoms with Crippen molar-refractivity contribution in [1.82, 2.24) is 4.90 Å². The lowest BCUT2D eigenvalue weighted by molar-refractivity contribution is -0.151. The average Bonchev–Trinajstić information content (AvgIpc) is 2.74. The van der Waals surface area contributed by atoms with Crippen molar-refractivity contribution in [1.29, 1.82) is 0 Å². The summed E-state index contributed by atoms with van der Waals surface area (Å²) in [5.41, 5.74) is 2.34. The molecule has 2 heterocycles. The van der Waals surface area contributed by atoms with E-state index in [0.717, 1.165) is 36.9 Å². The van der Waals surface area contributed by atoms with Gasteiger partial charge in [0, 0.05) is 23.2 Å². The predicted octanol–water partition coefficient (Wildman–Crippen LogP) is 4.35. The highest BCUT2D eigenvalue weighted by molar-refractivity contribution is 5.75. The number of hydrogen-bond donors (Lipinski definition) is 0. The maximum atomic E-state index is 14.3. The van der Waals surface area contributed by atoms with E-state index in [4.69, 9.17) is 14.2 Å². The lowest BCUT2D eigenvalue weighted by Crippen LogP contribution is -2.45. The molecule has 29 heavy (non-hydrogen) atoms. The molecule has 0 N–H and O–H groups in total. The summed E-state index contributed by atoms with van der Waals surface area (Å²) < 4.78 is 31.5. The van der Waals surface area contributed by atoms with Crippen molar-refractivity contribution in [2.45, 2.75) is 51.7 Å². The van der Waals surface area contributed by atoms with E-state index in [-0.39, 0.29) is 24.4 Å². The van der Waals surface area contributed by atoms with Crippen molar-refractivity contribution >= 4 is 5.97 Å². The maximum absolute atomic E-state index is 14.3. The molecule has 0 aromatic heterocycles. The summed E-state index contributed by atoms with van der Waals surface area (Å²) in [7, 11) is 0. The van der Waals surface area contributed by atoms with Crippen LogP contribution in [0.2, 0.25) is 0 Å². The highest BCUT2D eigenvalue weighted by Gasteiger charge is 2.32. The van der Waals surface area contributed by atoms with Crippen LogP contribution in [-0.4, -0.2) is 30.1 Å². The van der Waals surface area contributed by atoms with Crippen LogP contribution in [0.5, 0.6) is 5.75 Å². The zero-order valence-corrected chi connectivity index (χ0v) is 16.6. The van der Waals surface area contributed by atoms with E-state index in [2.05, 4.69) is 4.90 Å². The van der Waals surface area contributed by atoms with Crippen LogP contribution in [0.15, 0.2) is 42.5 Å². The number of carbonyl (C=O) groups is 1. The summed E-state index contributed by atoms with van der Waals surface area (Å²) in [5.74, 6) is 0.123. The molecule has 0 aliphatic carbocycles. The number of halogens is 1. The van der Waals surface area contributed by atoms with Crippen LogP contribution in [0.25, 0.3) is 0 Å². The Morgan fingerprint density at radius 1 is 1.24 bits per heavy atom. The Hall–Kier alpha value is -2.44. The van der Waals surface area contributed by atoms with Crippen molar-refractivity contribution < 1.29 is 23.4 Å². The molecular weight excluding hydrogens is 373 g/mol. The smallest absolute Gasteiger partial charge is 0.323 e. The summed E-state index contributed by atoms with van der Waals surface area (Å²) in [6, 6.07) is 12.4.